The number of nitrogens with one attached hydrogen (secondary N) is 2. The highest BCUT2D eigenvalue weighted by molar-refractivity contribution is 7.99. The van der Waals surface area contributed by atoms with E-state index in [4.69, 9.17) is 0 Å². The molecule has 1 unspecified atom stereocenters. The lowest BCUT2D eigenvalue weighted by molar-refractivity contribution is 0.570. The van der Waals surface area contributed by atoms with Crippen molar-refractivity contribution in [3.8, 4) is 0 Å². The molecule has 4 nitrogen and oxygen atoms in total. The zero-order valence-corrected chi connectivity index (χ0v) is 14.9. The smallest absolute Gasteiger partial charge is 0.240 e. The maximum atomic E-state index is 12.2. The lowest BCUT2D eigenvalue weighted by Gasteiger charge is -2.14. The molecular formula is C15H26N2O2S2. The molecule has 0 radical (unpaired) electrons. The molecule has 0 saturated carbocycles. The molecule has 0 aliphatic rings. The molecule has 0 saturated heterocycles. The van der Waals surface area contributed by atoms with Gasteiger partial charge in [0, 0.05) is 24.4 Å². The summed E-state index contributed by atoms with van der Waals surface area (Å²) in [6.45, 7) is 8.86. The summed E-state index contributed by atoms with van der Waals surface area (Å²) in [6, 6.07) is 7.39. The molecule has 1 rings (SSSR count). The van der Waals surface area contributed by atoms with Gasteiger partial charge < -0.3 is 5.32 Å². The number of benzene rings is 1. The van der Waals surface area contributed by atoms with Crippen molar-refractivity contribution >= 4 is 21.8 Å². The van der Waals surface area contributed by atoms with E-state index in [1.807, 2.05) is 19.1 Å². The highest BCUT2D eigenvalue weighted by Gasteiger charge is 2.16. The van der Waals surface area contributed by atoms with Gasteiger partial charge in [0.15, 0.2) is 0 Å². The topological polar surface area (TPSA) is 58.2 Å². The first-order valence-corrected chi connectivity index (χ1v) is 9.91. The third-order valence-electron chi connectivity index (χ3n) is 2.88. The molecule has 1 atom stereocenters. The minimum atomic E-state index is -3.42. The molecule has 1 aromatic carbocycles. The van der Waals surface area contributed by atoms with Gasteiger partial charge in [-0.2, -0.15) is 11.8 Å². The summed E-state index contributed by atoms with van der Waals surface area (Å²) in [7, 11) is -3.42. The van der Waals surface area contributed by atoms with Crippen LogP contribution in [0.1, 0.15) is 33.3 Å². The molecule has 21 heavy (non-hydrogen) atoms. The first-order chi connectivity index (χ1) is 9.85. The van der Waals surface area contributed by atoms with Gasteiger partial charge in [0.1, 0.15) is 0 Å². The van der Waals surface area contributed by atoms with E-state index in [1.165, 1.54) is 0 Å². The average molecular weight is 331 g/mol. The molecular weight excluding hydrogens is 304 g/mol. The van der Waals surface area contributed by atoms with Gasteiger partial charge in [-0.15, -0.1) is 0 Å². The van der Waals surface area contributed by atoms with Crippen LogP contribution in [0.5, 0.6) is 0 Å². The summed E-state index contributed by atoms with van der Waals surface area (Å²) >= 11 is 1.73. The molecule has 6 heteroatoms. The Kier molecular flexibility index (Phi) is 7.73. The molecule has 0 aliphatic heterocycles. The second-order valence-electron chi connectivity index (χ2n) is 5.36. The number of hydrogen-bond acceptors (Lipinski definition) is 4. The van der Waals surface area contributed by atoms with Gasteiger partial charge in [0.2, 0.25) is 10.0 Å². The van der Waals surface area contributed by atoms with E-state index in [9.17, 15) is 8.42 Å². The van der Waals surface area contributed by atoms with Crippen LogP contribution in [0.4, 0.5) is 0 Å². The Balaban J connectivity index is 2.66. The fourth-order valence-electron chi connectivity index (χ4n) is 1.77. The SMILES string of the molecule is CCSCC(C)NS(=O)(=O)c1ccc(CNC(C)C)cc1. The van der Waals surface area contributed by atoms with Gasteiger partial charge in [-0.1, -0.05) is 32.9 Å². The van der Waals surface area contributed by atoms with Crippen LogP contribution in [-0.4, -0.2) is 32.0 Å². The molecule has 1 aromatic rings. The van der Waals surface area contributed by atoms with Gasteiger partial charge in [0.05, 0.1) is 4.90 Å². The van der Waals surface area contributed by atoms with E-state index >= 15 is 0 Å². The quantitative estimate of drug-likeness (QED) is 0.731. The molecule has 0 aromatic heterocycles. The fourth-order valence-corrected chi connectivity index (χ4v) is 3.79. The summed E-state index contributed by atoms with van der Waals surface area (Å²) in [5.74, 6) is 1.77. The van der Waals surface area contributed by atoms with Crippen molar-refractivity contribution < 1.29 is 8.42 Å². The molecule has 0 heterocycles. The Hall–Kier alpha value is -0.560. The summed E-state index contributed by atoms with van der Waals surface area (Å²) in [5.41, 5.74) is 1.08. The first kappa shape index (κ1) is 18.5. The minimum Gasteiger partial charge on any atom is -0.310 e. The van der Waals surface area contributed by atoms with E-state index in [1.54, 1.807) is 23.9 Å². The van der Waals surface area contributed by atoms with Crippen molar-refractivity contribution in [1.29, 1.82) is 0 Å². The van der Waals surface area contributed by atoms with Crippen molar-refractivity contribution in [2.45, 2.75) is 51.2 Å². The Bertz CT molecular complexity index is 513. The second kappa shape index (κ2) is 8.78. The van der Waals surface area contributed by atoms with Crippen molar-refractivity contribution in [2.24, 2.45) is 0 Å². The van der Waals surface area contributed by atoms with Crippen LogP contribution in [0.15, 0.2) is 29.2 Å². The highest BCUT2D eigenvalue weighted by Crippen LogP contribution is 2.12. The lowest BCUT2D eigenvalue weighted by atomic mass is 10.2. The predicted octanol–water partition coefficient (Wildman–Crippen LogP) is 2.60. The zero-order valence-electron chi connectivity index (χ0n) is 13.2. The maximum absolute atomic E-state index is 12.2. The van der Waals surface area contributed by atoms with Gasteiger partial charge in [0.25, 0.3) is 0 Å². The molecule has 0 fully saturated rings. The van der Waals surface area contributed by atoms with E-state index < -0.39 is 10.0 Å². The predicted molar refractivity (Wildman–Crippen MR) is 91.2 cm³/mol. The molecule has 0 amide bonds. The second-order valence-corrected chi connectivity index (χ2v) is 8.39. The monoisotopic (exact) mass is 330 g/mol. The van der Waals surface area contributed by atoms with E-state index in [-0.39, 0.29) is 6.04 Å². The Labute approximate surface area is 133 Å². The molecule has 0 bridgehead atoms. The first-order valence-electron chi connectivity index (χ1n) is 7.27. The van der Waals surface area contributed by atoms with Crippen LogP contribution in [-0.2, 0) is 16.6 Å². The molecule has 2 N–H and O–H groups in total. The van der Waals surface area contributed by atoms with Crippen molar-refractivity contribution in [2.75, 3.05) is 11.5 Å². The summed E-state index contributed by atoms with van der Waals surface area (Å²) in [6.07, 6.45) is 0. The summed E-state index contributed by atoms with van der Waals surface area (Å²) in [4.78, 5) is 0.323. The maximum Gasteiger partial charge on any atom is 0.240 e. The Morgan fingerprint density at radius 1 is 1.14 bits per heavy atom. The Morgan fingerprint density at radius 2 is 1.76 bits per heavy atom. The number of rotatable bonds is 9. The van der Waals surface area contributed by atoms with Crippen LogP contribution in [0.3, 0.4) is 0 Å². The molecule has 0 spiro atoms. The average Bonchev–Trinajstić information content (AvgIpc) is 2.43. The van der Waals surface area contributed by atoms with Crippen LogP contribution in [0.2, 0.25) is 0 Å². The number of sulfonamides is 1. The minimum absolute atomic E-state index is 0.0674. The largest absolute Gasteiger partial charge is 0.310 e. The van der Waals surface area contributed by atoms with Crippen LogP contribution in [0.25, 0.3) is 0 Å². The van der Waals surface area contributed by atoms with Crippen LogP contribution >= 0.6 is 11.8 Å². The lowest BCUT2D eigenvalue weighted by Crippen LogP contribution is -2.34. The summed E-state index contributed by atoms with van der Waals surface area (Å²) in [5, 5.41) is 3.31. The number of thioether (sulfide) groups is 1. The third-order valence-corrected chi connectivity index (χ3v) is 5.63. The van der Waals surface area contributed by atoms with Gasteiger partial charge in [-0.3, -0.25) is 0 Å². The molecule has 0 aliphatic carbocycles. The van der Waals surface area contributed by atoms with Crippen molar-refractivity contribution in [3.63, 3.8) is 0 Å². The fraction of sp³-hybridized carbons (Fsp3) is 0.600. The van der Waals surface area contributed by atoms with Gasteiger partial charge in [-0.05, 0) is 30.4 Å². The van der Waals surface area contributed by atoms with E-state index in [0.717, 1.165) is 23.6 Å². The van der Waals surface area contributed by atoms with E-state index in [2.05, 4.69) is 30.8 Å². The molecule has 120 valence electrons. The van der Waals surface area contributed by atoms with E-state index in [0.29, 0.717) is 10.9 Å². The number of hydrogen-bond donors (Lipinski definition) is 2. The zero-order chi connectivity index (χ0) is 15.9. The standard InChI is InChI=1S/C15H26N2O2S2/c1-5-20-11-13(4)17-21(18,19)15-8-6-14(7-9-15)10-16-12(2)3/h6-9,12-13,16-17H,5,10-11H2,1-4H3. The van der Waals surface area contributed by atoms with Gasteiger partial charge >= 0.3 is 0 Å². The van der Waals surface area contributed by atoms with Crippen molar-refractivity contribution in [1.82, 2.24) is 10.0 Å². The van der Waals surface area contributed by atoms with Crippen LogP contribution in [0, 0.1) is 0 Å². The van der Waals surface area contributed by atoms with Crippen LogP contribution < -0.4 is 10.0 Å². The Morgan fingerprint density at radius 3 is 2.29 bits per heavy atom. The summed E-state index contributed by atoms with van der Waals surface area (Å²) < 4.78 is 27.2. The third kappa shape index (κ3) is 6.82. The highest BCUT2D eigenvalue weighted by atomic mass is 32.2. The van der Waals surface area contributed by atoms with Gasteiger partial charge in [-0.25, -0.2) is 13.1 Å². The normalized spacial score (nSPS) is 13.6. The van der Waals surface area contributed by atoms with Crippen molar-refractivity contribution in [3.05, 3.63) is 29.8 Å².